The number of thiazole rings is 1. The number of anilines is 1. The maximum atomic E-state index is 11.6. The van der Waals surface area contributed by atoms with E-state index in [0.29, 0.717) is 16.0 Å². The van der Waals surface area contributed by atoms with Crippen molar-refractivity contribution >= 4 is 50.1 Å². The number of nitrogens with zero attached hydrogens (tertiary/aromatic N) is 3. The van der Waals surface area contributed by atoms with Gasteiger partial charge in [-0.1, -0.05) is 23.1 Å². The van der Waals surface area contributed by atoms with Crippen LogP contribution >= 0.6 is 39.0 Å². The first-order chi connectivity index (χ1) is 9.04. The Balaban J connectivity index is 1.89. The number of nitrogens with one attached hydrogen (secondary N) is 2. The number of aryl methyl sites for hydroxylation is 1. The van der Waals surface area contributed by atoms with E-state index in [-0.39, 0.29) is 17.2 Å². The summed E-state index contributed by atoms with van der Waals surface area (Å²) in [6.07, 6.45) is 1.61. The molecular formula is C9H8BrN5O2S2. The third-order valence-corrected chi connectivity index (χ3v) is 4.16. The van der Waals surface area contributed by atoms with Gasteiger partial charge >= 0.3 is 0 Å². The van der Waals surface area contributed by atoms with Crippen molar-refractivity contribution < 1.29 is 4.79 Å². The van der Waals surface area contributed by atoms with Gasteiger partial charge in [-0.3, -0.25) is 14.6 Å². The quantitative estimate of drug-likeness (QED) is 0.798. The summed E-state index contributed by atoms with van der Waals surface area (Å²) >= 11 is 5.68. The first-order valence-corrected chi connectivity index (χ1v) is 7.61. The number of hydrogen-bond acceptors (Lipinski definition) is 7. The third kappa shape index (κ3) is 4.11. The van der Waals surface area contributed by atoms with Crippen molar-refractivity contribution in [2.75, 3.05) is 11.1 Å². The molecule has 2 aromatic rings. The number of carbonyl (C=O) groups is 1. The summed E-state index contributed by atoms with van der Waals surface area (Å²) in [6, 6.07) is 0. The van der Waals surface area contributed by atoms with Crippen LogP contribution in [0.25, 0.3) is 0 Å². The Labute approximate surface area is 124 Å². The largest absolute Gasteiger partial charge is 0.301 e. The second kappa shape index (κ2) is 6.26. The molecule has 0 saturated heterocycles. The van der Waals surface area contributed by atoms with Gasteiger partial charge in [0.1, 0.15) is 5.69 Å². The molecule has 0 radical (unpaired) electrons. The standard InChI is InChI=1S/C9H8BrN5O2S2/c1-4-7(17)13-9(15-14-4)18-3-6(16)12-8-11-2-5(10)19-8/h2H,3H2,1H3,(H,11,12,16)(H,13,15,17). The van der Waals surface area contributed by atoms with Crippen molar-refractivity contribution in [1.82, 2.24) is 20.2 Å². The van der Waals surface area contributed by atoms with E-state index in [1.807, 2.05) is 0 Å². The molecule has 0 spiro atoms. The summed E-state index contributed by atoms with van der Waals surface area (Å²) in [7, 11) is 0. The molecule has 0 saturated carbocycles. The highest BCUT2D eigenvalue weighted by Crippen LogP contribution is 2.23. The van der Waals surface area contributed by atoms with Gasteiger partial charge in [0.05, 0.1) is 15.7 Å². The Morgan fingerprint density at radius 3 is 3.00 bits per heavy atom. The van der Waals surface area contributed by atoms with Crippen LogP contribution in [-0.2, 0) is 4.79 Å². The summed E-state index contributed by atoms with van der Waals surface area (Å²) in [5, 5.41) is 10.9. The van der Waals surface area contributed by atoms with Gasteiger partial charge in [-0.25, -0.2) is 4.98 Å². The molecule has 0 aromatic carbocycles. The third-order valence-electron chi connectivity index (χ3n) is 1.90. The summed E-state index contributed by atoms with van der Waals surface area (Å²) in [4.78, 5) is 29.4. The molecule has 0 bridgehead atoms. The Morgan fingerprint density at radius 2 is 2.37 bits per heavy atom. The Bertz CT molecular complexity index is 656. The topological polar surface area (TPSA) is 101 Å². The molecule has 0 unspecified atom stereocenters. The van der Waals surface area contributed by atoms with Crippen LogP contribution in [-0.4, -0.2) is 31.8 Å². The predicted octanol–water partition coefficient (Wildman–Crippen LogP) is 1.42. The number of aromatic amines is 1. The molecule has 0 fully saturated rings. The van der Waals surface area contributed by atoms with Crippen LogP contribution in [0.4, 0.5) is 5.13 Å². The molecule has 0 aliphatic carbocycles. The van der Waals surface area contributed by atoms with E-state index in [4.69, 9.17) is 0 Å². The highest BCUT2D eigenvalue weighted by Gasteiger charge is 2.08. The summed E-state index contributed by atoms with van der Waals surface area (Å²) in [6.45, 7) is 1.56. The lowest BCUT2D eigenvalue weighted by molar-refractivity contribution is -0.113. The summed E-state index contributed by atoms with van der Waals surface area (Å²) in [5.74, 6) is -0.111. The van der Waals surface area contributed by atoms with Gasteiger partial charge in [0.15, 0.2) is 10.3 Å². The highest BCUT2D eigenvalue weighted by molar-refractivity contribution is 9.11. The molecule has 0 aliphatic rings. The minimum Gasteiger partial charge on any atom is -0.301 e. The van der Waals surface area contributed by atoms with Crippen LogP contribution < -0.4 is 10.9 Å². The Morgan fingerprint density at radius 1 is 1.58 bits per heavy atom. The average Bonchev–Trinajstić information content (AvgIpc) is 2.76. The smallest absolute Gasteiger partial charge is 0.273 e. The first kappa shape index (κ1) is 14.2. The zero-order chi connectivity index (χ0) is 13.8. The Hall–Kier alpha value is -1.26. The fourth-order valence-electron chi connectivity index (χ4n) is 1.04. The summed E-state index contributed by atoms with van der Waals surface area (Å²) < 4.78 is 0.837. The molecule has 2 heterocycles. The van der Waals surface area contributed by atoms with Gasteiger partial charge in [0.25, 0.3) is 5.56 Å². The molecule has 2 N–H and O–H groups in total. The van der Waals surface area contributed by atoms with Gasteiger partial charge in [0.2, 0.25) is 5.91 Å². The molecule has 2 rings (SSSR count). The number of thioether (sulfide) groups is 1. The minimum absolute atomic E-state index is 0.116. The second-order valence-corrected chi connectivity index (χ2v) is 6.72. The van der Waals surface area contributed by atoms with E-state index in [2.05, 4.69) is 41.4 Å². The van der Waals surface area contributed by atoms with Crippen LogP contribution in [0.3, 0.4) is 0 Å². The highest BCUT2D eigenvalue weighted by atomic mass is 79.9. The number of aromatic nitrogens is 4. The first-order valence-electron chi connectivity index (χ1n) is 5.02. The number of amides is 1. The molecule has 19 heavy (non-hydrogen) atoms. The normalized spacial score (nSPS) is 10.4. The van der Waals surface area contributed by atoms with Gasteiger partial charge in [-0.2, -0.15) is 0 Å². The maximum Gasteiger partial charge on any atom is 0.273 e. The van der Waals surface area contributed by atoms with Crippen LogP contribution in [0.2, 0.25) is 0 Å². The van der Waals surface area contributed by atoms with Crippen molar-refractivity contribution in [2.24, 2.45) is 0 Å². The zero-order valence-electron chi connectivity index (χ0n) is 9.64. The molecule has 0 atom stereocenters. The van der Waals surface area contributed by atoms with Crippen LogP contribution in [0.15, 0.2) is 19.9 Å². The van der Waals surface area contributed by atoms with Crippen molar-refractivity contribution in [3.8, 4) is 0 Å². The number of hydrogen-bond donors (Lipinski definition) is 2. The van der Waals surface area contributed by atoms with Gasteiger partial charge < -0.3 is 5.32 Å². The molecule has 2 aromatic heterocycles. The lowest BCUT2D eigenvalue weighted by atomic mass is 10.5. The van der Waals surface area contributed by atoms with Gasteiger partial charge in [-0.15, -0.1) is 10.2 Å². The van der Waals surface area contributed by atoms with Crippen LogP contribution in [0, 0.1) is 6.92 Å². The van der Waals surface area contributed by atoms with E-state index in [9.17, 15) is 9.59 Å². The van der Waals surface area contributed by atoms with E-state index in [1.54, 1.807) is 13.1 Å². The number of carbonyl (C=O) groups excluding carboxylic acids is 1. The van der Waals surface area contributed by atoms with Crippen LogP contribution in [0.1, 0.15) is 5.69 Å². The van der Waals surface area contributed by atoms with E-state index >= 15 is 0 Å². The average molecular weight is 362 g/mol. The zero-order valence-corrected chi connectivity index (χ0v) is 12.9. The Kier molecular flexibility index (Phi) is 4.66. The predicted molar refractivity (Wildman–Crippen MR) is 76.6 cm³/mol. The van der Waals surface area contributed by atoms with E-state index in [0.717, 1.165) is 15.5 Å². The number of rotatable bonds is 4. The van der Waals surface area contributed by atoms with Gasteiger partial charge in [-0.05, 0) is 22.9 Å². The van der Waals surface area contributed by atoms with Crippen LogP contribution in [0.5, 0.6) is 0 Å². The van der Waals surface area contributed by atoms with Crippen molar-refractivity contribution in [3.05, 3.63) is 26.0 Å². The molecule has 7 nitrogen and oxygen atoms in total. The fourth-order valence-corrected chi connectivity index (χ4v) is 2.77. The van der Waals surface area contributed by atoms with Gasteiger partial charge in [0, 0.05) is 0 Å². The lowest BCUT2D eigenvalue weighted by Crippen LogP contribution is -2.17. The molecule has 0 aliphatic heterocycles. The monoisotopic (exact) mass is 361 g/mol. The minimum atomic E-state index is -0.304. The van der Waals surface area contributed by atoms with E-state index in [1.165, 1.54) is 11.3 Å². The van der Waals surface area contributed by atoms with Crippen molar-refractivity contribution in [2.45, 2.75) is 12.1 Å². The number of halogens is 1. The second-order valence-electron chi connectivity index (χ2n) is 3.35. The summed E-state index contributed by atoms with van der Waals surface area (Å²) in [5.41, 5.74) is -0.0109. The molecule has 10 heteroatoms. The SMILES string of the molecule is Cc1nnc(SCC(=O)Nc2ncc(Br)s2)[nH]c1=O. The fraction of sp³-hybridized carbons (Fsp3) is 0.222. The van der Waals surface area contributed by atoms with E-state index < -0.39 is 0 Å². The lowest BCUT2D eigenvalue weighted by Gasteiger charge is -2.01. The van der Waals surface area contributed by atoms with Crippen molar-refractivity contribution in [3.63, 3.8) is 0 Å². The maximum absolute atomic E-state index is 11.6. The molecular weight excluding hydrogens is 354 g/mol. The molecule has 100 valence electrons. The molecule has 1 amide bonds. The number of H-pyrrole nitrogens is 1. The van der Waals surface area contributed by atoms with Crippen molar-refractivity contribution in [1.29, 1.82) is 0 Å².